The SMILES string of the molecule is Cc1nccn1CCOc1ccc(CN2C[C@H](Oc3cccc(F)c3)[C@@H](O)C2)cc1. The van der Waals surface area contributed by atoms with Crippen molar-refractivity contribution in [3.8, 4) is 11.5 Å². The molecule has 6 nitrogen and oxygen atoms in total. The molecular formula is C23H26FN3O3. The molecule has 30 heavy (non-hydrogen) atoms. The number of rotatable bonds is 8. The first-order valence-corrected chi connectivity index (χ1v) is 10.1. The molecule has 7 heteroatoms. The largest absolute Gasteiger partial charge is 0.492 e. The maximum Gasteiger partial charge on any atom is 0.138 e. The van der Waals surface area contributed by atoms with Crippen molar-refractivity contribution in [2.45, 2.75) is 32.2 Å². The van der Waals surface area contributed by atoms with Gasteiger partial charge in [-0.2, -0.15) is 0 Å². The molecule has 1 aromatic heterocycles. The molecule has 0 spiro atoms. The van der Waals surface area contributed by atoms with Crippen molar-refractivity contribution in [1.29, 1.82) is 0 Å². The quantitative estimate of drug-likeness (QED) is 0.618. The van der Waals surface area contributed by atoms with Gasteiger partial charge in [-0.3, -0.25) is 4.90 Å². The van der Waals surface area contributed by atoms with Crippen LogP contribution in [-0.4, -0.2) is 51.5 Å². The minimum absolute atomic E-state index is 0.348. The number of benzene rings is 2. The Morgan fingerprint density at radius 2 is 1.97 bits per heavy atom. The zero-order chi connectivity index (χ0) is 20.9. The van der Waals surface area contributed by atoms with Crippen LogP contribution in [0.1, 0.15) is 11.4 Å². The molecule has 1 aliphatic heterocycles. The van der Waals surface area contributed by atoms with E-state index in [0.29, 0.717) is 32.0 Å². The van der Waals surface area contributed by atoms with Crippen molar-refractivity contribution in [2.75, 3.05) is 19.7 Å². The number of hydrogen-bond donors (Lipinski definition) is 1. The molecule has 0 saturated carbocycles. The van der Waals surface area contributed by atoms with Crippen LogP contribution < -0.4 is 9.47 Å². The lowest BCUT2D eigenvalue weighted by Gasteiger charge is -2.17. The molecule has 1 saturated heterocycles. The van der Waals surface area contributed by atoms with E-state index in [1.165, 1.54) is 12.1 Å². The predicted octanol–water partition coefficient (Wildman–Crippen LogP) is 3.03. The summed E-state index contributed by atoms with van der Waals surface area (Å²) in [4.78, 5) is 6.33. The molecule has 2 heterocycles. The Morgan fingerprint density at radius 1 is 1.13 bits per heavy atom. The van der Waals surface area contributed by atoms with Gasteiger partial charge in [0.25, 0.3) is 0 Å². The van der Waals surface area contributed by atoms with Crippen molar-refractivity contribution < 1.29 is 19.0 Å². The summed E-state index contributed by atoms with van der Waals surface area (Å²) in [5.41, 5.74) is 1.13. The highest BCUT2D eigenvalue weighted by Gasteiger charge is 2.33. The Morgan fingerprint density at radius 3 is 2.70 bits per heavy atom. The van der Waals surface area contributed by atoms with E-state index in [-0.39, 0.29) is 11.9 Å². The summed E-state index contributed by atoms with van der Waals surface area (Å²) in [5.74, 6) is 1.89. The van der Waals surface area contributed by atoms with Crippen LogP contribution in [0.25, 0.3) is 0 Å². The van der Waals surface area contributed by atoms with Crippen LogP contribution in [0.2, 0.25) is 0 Å². The van der Waals surface area contributed by atoms with E-state index in [1.54, 1.807) is 18.3 Å². The summed E-state index contributed by atoms with van der Waals surface area (Å²) < 4.78 is 27.0. The maximum atomic E-state index is 13.3. The monoisotopic (exact) mass is 411 g/mol. The van der Waals surface area contributed by atoms with Crippen LogP contribution in [0, 0.1) is 12.7 Å². The molecule has 2 aromatic carbocycles. The van der Waals surface area contributed by atoms with E-state index in [1.807, 2.05) is 37.4 Å². The number of aromatic nitrogens is 2. The van der Waals surface area contributed by atoms with Crippen molar-refractivity contribution in [3.05, 3.63) is 78.1 Å². The highest BCUT2D eigenvalue weighted by molar-refractivity contribution is 5.27. The average molecular weight is 411 g/mol. The standard InChI is InChI=1S/C23H26FN3O3/c1-17-25-9-10-27(17)11-12-29-20-7-5-18(6-8-20)14-26-15-22(28)23(16-26)30-21-4-2-3-19(24)13-21/h2-10,13,22-23,28H,11-12,14-16H2,1H3/t22-,23-/m0/s1. The fraction of sp³-hybridized carbons (Fsp3) is 0.348. The van der Waals surface area contributed by atoms with Gasteiger partial charge >= 0.3 is 0 Å². The van der Waals surface area contributed by atoms with Crippen LogP contribution in [0.4, 0.5) is 4.39 Å². The van der Waals surface area contributed by atoms with Gasteiger partial charge in [0.2, 0.25) is 0 Å². The molecule has 0 bridgehead atoms. The molecule has 1 aliphatic rings. The van der Waals surface area contributed by atoms with Crippen molar-refractivity contribution in [1.82, 2.24) is 14.5 Å². The maximum absolute atomic E-state index is 13.3. The van der Waals surface area contributed by atoms with Crippen LogP contribution in [0.3, 0.4) is 0 Å². The second-order valence-electron chi connectivity index (χ2n) is 7.54. The number of ether oxygens (including phenoxy) is 2. The molecule has 0 aliphatic carbocycles. The molecule has 0 radical (unpaired) electrons. The number of likely N-dealkylation sites (tertiary alicyclic amines) is 1. The third kappa shape index (κ3) is 5.17. The van der Waals surface area contributed by atoms with Gasteiger partial charge in [-0.05, 0) is 36.8 Å². The van der Waals surface area contributed by atoms with Gasteiger partial charge in [0.1, 0.15) is 42.0 Å². The normalized spacial score (nSPS) is 19.2. The second kappa shape index (κ2) is 9.28. The van der Waals surface area contributed by atoms with Gasteiger partial charge < -0.3 is 19.1 Å². The molecule has 0 amide bonds. The Balaban J connectivity index is 1.25. The van der Waals surface area contributed by atoms with Gasteiger partial charge in [-0.15, -0.1) is 0 Å². The summed E-state index contributed by atoms with van der Waals surface area (Å²) in [6.07, 6.45) is 2.74. The zero-order valence-corrected chi connectivity index (χ0v) is 16.9. The summed E-state index contributed by atoms with van der Waals surface area (Å²) >= 11 is 0. The lowest BCUT2D eigenvalue weighted by Crippen LogP contribution is -2.29. The Labute approximate surface area is 175 Å². The van der Waals surface area contributed by atoms with E-state index < -0.39 is 6.10 Å². The first-order chi connectivity index (χ1) is 14.6. The molecule has 1 fully saturated rings. The van der Waals surface area contributed by atoms with E-state index in [0.717, 1.165) is 23.7 Å². The molecule has 158 valence electrons. The first kappa shape index (κ1) is 20.4. The topological polar surface area (TPSA) is 59.8 Å². The highest BCUT2D eigenvalue weighted by Crippen LogP contribution is 2.22. The number of nitrogens with zero attached hydrogens (tertiary/aromatic N) is 3. The first-order valence-electron chi connectivity index (χ1n) is 10.1. The van der Waals surface area contributed by atoms with Gasteiger partial charge in [0.05, 0.1) is 6.54 Å². The van der Waals surface area contributed by atoms with Crippen LogP contribution >= 0.6 is 0 Å². The third-order valence-corrected chi connectivity index (χ3v) is 5.25. The fourth-order valence-corrected chi connectivity index (χ4v) is 3.64. The summed E-state index contributed by atoms with van der Waals surface area (Å²) in [6, 6.07) is 14.0. The van der Waals surface area contributed by atoms with Gasteiger partial charge in [-0.25, -0.2) is 9.37 Å². The number of β-amino-alcohol motifs (C(OH)–C–C–N with tert-alkyl or cyclic N) is 1. The molecule has 3 aromatic rings. The van der Waals surface area contributed by atoms with Gasteiger partial charge in [-0.1, -0.05) is 18.2 Å². The molecule has 1 N–H and O–H groups in total. The third-order valence-electron chi connectivity index (χ3n) is 5.25. The van der Waals surface area contributed by atoms with E-state index >= 15 is 0 Å². The summed E-state index contributed by atoms with van der Waals surface area (Å²) in [6.45, 7) is 5.11. The molecule has 2 atom stereocenters. The number of hydrogen-bond acceptors (Lipinski definition) is 5. The number of aliphatic hydroxyl groups is 1. The van der Waals surface area contributed by atoms with E-state index in [4.69, 9.17) is 9.47 Å². The van der Waals surface area contributed by atoms with Crippen molar-refractivity contribution in [2.24, 2.45) is 0 Å². The average Bonchev–Trinajstić information content (AvgIpc) is 3.28. The van der Waals surface area contributed by atoms with Crippen LogP contribution in [0.15, 0.2) is 60.9 Å². The lowest BCUT2D eigenvalue weighted by atomic mass is 10.2. The van der Waals surface area contributed by atoms with Crippen LogP contribution in [0.5, 0.6) is 11.5 Å². The minimum Gasteiger partial charge on any atom is -0.492 e. The Kier molecular flexibility index (Phi) is 6.30. The van der Waals surface area contributed by atoms with E-state index in [9.17, 15) is 9.50 Å². The number of aliphatic hydroxyl groups excluding tert-OH is 1. The molecule has 0 unspecified atom stereocenters. The number of imidazole rings is 1. The zero-order valence-electron chi connectivity index (χ0n) is 16.9. The Bertz CT molecular complexity index is 960. The van der Waals surface area contributed by atoms with Crippen molar-refractivity contribution in [3.63, 3.8) is 0 Å². The number of halogens is 1. The number of aryl methyl sites for hydroxylation is 1. The van der Waals surface area contributed by atoms with Gasteiger partial charge in [0.15, 0.2) is 0 Å². The van der Waals surface area contributed by atoms with Crippen molar-refractivity contribution >= 4 is 0 Å². The summed E-state index contributed by atoms with van der Waals surface area (Å²) in [5, 5.41) is 10.3. The van der Waals surface area contributed by atoms with E-state index in [2.05, 4.69) is 14.5 Å². The van der Waals surface area contributed by atoms with Crippen LogP contribution in [-0.2, 0) is 13.1 Å². The second-order valence-corrected chi connectivity index (χ2v) is 7.54. The highest BCUT2D eigenvalue weighted by atomic mass is 19.1. The molecular weight excluding hydrogens is 385 g/mol. The lowest BCUT2D eigenvalue weighted by molar-refractivity contribution is 0.0734. The fourth-order valence-electron chi connectivity index (χ4n) is 3.64. The Hall–Kier alpha value is -2.90. The smallest absolute Gasteiger partial charge is 0.138 e. The summed E-state index contributed by atoms with van der Waals surface area (Å²) in [7, 11) is 0. The molecule has 4 rings (SSSR count). The minimum atomic E-state index is -0.609. The predicted molar refractivity (Wildman–Crippen MR) is 111 cm³/mol. The van der Waals surface area contributed by atoms with Gasteiger partial charge in [0, 0.05) is 38.1 Å².